The van der Waals surface area contributed by atoms with E-state index in [4.69, 9.17) is 23.2 Å². The number of pyridine rings is 2. The van der Waals surface area contributed by atoms with Gasteiger partial charge in [-0.1, -0.05) is 35.3 Å². The normalized spacial score (nSPS) is 14.8. The van der Waals surface area contributed by atoms with E-state index >= 15 is 0 Å². The van der Waals surface area contributed by atoms with E-state index in [1.54, 1.807) is 24.3 Å². The molecule has 2 amide bonds. The van der Waals surface area contributed by atoms with Gasteiger partial charge in [0.05, 0.1) is 22.6 Å². The van der Waals surface area contributed by atoms with Gasteiger partial charge in [0, 0.05) is 23.2 Å². The Kier molecular flexibility index (Phi) is 6.48. The number of carbonyl (C=O) groups excluding carboxylic acids is 2. The Morgan fingerprint density at radius 1 is 1.24 bits per heavy atom. The third kappa shape index (κ3) is 4.90. The summed E-state index contributed by atoms with van der Waals surface area (Å²) in [4.78, 5) is 44.3. The van der Waals surface area contributed by atoms with Crippen LogP contribution in [0.15, 0.2) is 45.8 Å². The maximum atomic E-state index is 13.8. The number of nitrogens with zero attached hydrogens (tertiary/aromatic N) is 3. The lowest BCUT2D eigenvalue weighted by Crippen LogP contribution is -2.60. The van der Waals surface area contributed by atoms with Crippen molar-refractivity contribution in [2.24, 2.45) is 0 Å². The van der Waals surface area contributed by atoms with Crippen LogP contribution in [0.5, 0.6) is 0 Å². The van der Waals surface area contributed by atoms with Crippen molar-refractivity contribution >= 4 is 62.0 Å². The first-order valence-corrected chi connectivity index (χ1v) is 11.5. The molecular formula is C22H18BrCl2FN4O3. The maximum absolute atomic E-state index is 13.8. The molecule has 3 heterocycles. The van der Waals surface area contributed by atoms with Gasteiger partial charge < -0.3 is 10.2 Å². The molecule has 2 aromatic heterocycles. The van der Waals surface area contributed by atoms with Crippen LogP contribution in [-0.4, -0.2) is 45.0 Å². The lowest BCUT2D eigenvalue weighted by Gasteiger charge is -2.42. The summed E-state index contributed by atoms with van der Waals surface area (Å²) in [5, 5.41) is 3.83. The highest BCUT2D eigenvalue weighted by Gasteiger charge is 2.41. The molecule has 0 saturated carbocycles. The van der Waals surface area contributed by atoms with Gasteiger partial charge in [-0.05, 0) is 46.6 Å². The van der Waals surface area contributed by atoms with Crippen molar-refractivity contribution < 1.29 is 14.0 Å². The standard InChI is InChI=1S/C22H18BrCl2FN4O3/c1-22(26)10-29(11-22)17(31)9-30-19-14(18(25)16(23)8-27-19)6-15(21(30)33)20(32)28-7-12-2-4-13(24)5-3-12/h2-6,8H,7,9-11H2,1H3,(H,28,32). The molecule has 172 valence electrons. The second-order valence-electron chi connectivity index (χ2n) is 8.08. The van der Waals surface area contributed by atoms with E-state index in [2.05, 4.69) is 26.2 Å². The third-order valence-corrected chi connectivity index (χ3v) is 6.79. The highest BCUT2D eigenvalue weighted by molar-refractivity contribution is 9.10. The minimum Gasteiger partial charge on any atom is -0.348 e. The molecule has 1 aliphatic heterocycles. The highest BCUT2D eigenvalue weighted by Crippen LogP contribution is 2.30. The van der Waals surface area contributed by atoms with Crippen LogP contribution in [-0.2, 0) is 17.9 Å². The summed E-state index contributed by atoms with van der Waals surface area (Å²) in [6.45, 7) is 1.07. The third-order valence-electron chi connectivity index (χ3n) is 5.31. The predicted molar refractivity (Wildman–Crippen MR) is 127 cm³/mol. The number of aromatic nitrogens is 2. The van der Waals surface area contributed by atoms with E-state index < -0.39 is 29.6 Å². The highest BCUT2D eigenvalue weighted by atomic mass is 79.9. The number of carbonyl (C=O) groups is 2. The van der Waals surface area contributed by atoms with Crippen molar-refractivity contribution in [2.45, 2.75) is 25.7 Å². The smallest absolute Gasteiger partial charge is 0.265 e. The number of alkyl halides is 1. The topological polar surface area (TPSA) is 84.3 Å². The van der Waals surface area contributed by atoms with Gasteiger partial charge in [0.2, 0.25) is 5.91 Å². The first kappa shape index (κ1) is 23.7. The lowest BCUT2D eigenvalue weighted by molar-refractivity contribution is -0.144. The fraction of sp³-hybridized carbons (Fsp3) is 0.273. The first-order valence-electron chi connectivity index (χ1n) is 9.92. The molecule has 1 aromatic carbocycles. The molecular weight excluding hydrogens is 538 g/mol. The average Bonchev–Trinajstić information content (AvgIpc) is 2.75. The van der Waals surface area contributed by atoms with E-state index in [-0.39, 0.29) is 35.9 Å². The SMILES string of the molecule is CC1(F)CN(C(=O)Cn2c(=O)c(C(=O)NCc3ccc(Cl)cc3)cc3c(Cl)c(Br)cnc32)C1. The van der Waals surface area contributed by atoms with Crippen LogP contribution in [0.3, 0.4) is 0 Å². The van der Waals surface area contributed by atoms with Gasteiger partial charge in [0.25, 0.3) is 11.5 Å². The van der Waals surface area contributed by atoms with Crippen molar-refractivity contribution in [1.82, 2.24) is 19.8 Å². The number of benzene rings is 1. The second-order valence-corrected chi connectivity index (χ2v) is 9.75. The molecule has 0 unspecified atom stereocenters. The Balaban J connectivity index is 1.69. The predicted octanol–water partition coefficient (Wildman–Crippen LogP) is 3.97. The number of halogens is 4. The van der Waals surface area contributed by atoms with Crippen molar-refractivity contribution in [2.75, 3.05) is 13.1 Å². The minimum absolute atomic E-state index is 0.0560. The Morgan fingerprint density at radius 2 is 1.91 bits per heavy atom. The minimum atomic E-state index is -1.45. The van der Waals surface area contributed by atoms with Gasteiger partial charge in [0.1, 0.15) is 23.4 Å². The van der Waals surface area contributed by atoms with Crippen molar-refractivity contribution in [3.63, 3.8) is 0 Å². The largest absolute Gasteiger partial charge is 0.348 e. The van der Waals surface area contributed by atoms with Crippen LogP contribution in [0.4, 0.5) is 4.39 Å². The van der Waals surface area contributed by atoms with Gasteiger partial charge in [-0.3, -0.25) is 19.0 Å². The summed E-state index contributed by atoms with van der Waals surface area (Å²) in [7, 11) is 0. The number of hydrogen-bond acceptors (Lipinski definition) is 4. The number of nitrogens with one attached hydrogen (secondary N) is 1. The molecule has 0 aliphatic carbocycles. The molecule has 1 aliphatic rings. The molecule has 11 heteroatoms. The van der Waals surface area contributed by atoms with Crippen LogP contribution in [0, 0.1) is 0 Å². The zero-order valence-corrected chi connectivity index (χ0v) is 20.5. The van der Waals surface area contributed by atoms with Gasteiger partial charge in [-0.25, -0.2) is 9.37 Å². The molecule has 3 aromatic rings. The fourth-order valence-electron chi connectivity index (χ4n) is 3.61. The average molecular weight is 556 g/mol. The molecule has 0 radical (unpaired) electrons. The van der Waals surface area contributed by atoms with Crippen molar-refractivity contribution in [1.29, 1.82) is 0 Å². The van der Waals surface area contributed by atoms with E-state index in [9.17, 15) is 18.8 Å². The molecule has 0 atom stereocenters. The Morgan fingerprint density at radius 3 is 2.55 bits per heavy atom. The summed E-state index contributed by atoms with van der Waals surface area (Å²) < 4.78 is 15.4. The van der Waals surface area contributed by atoms with E-state index in [1.165, 1.54) is 24.1 Å². The van der Waals surface area contributed by atoms with Gasteiger partial charge in [0.15, 0.2) is 0 Å². The van der Waals surface area contributed by atoms with E-state index in [1.807, 2.05) is 0 Å². The quantitative estimate of drug-likeness (QED) is 0.516. The van der Waals surface area contributed by atoms with Crippen molar-refractivity contribution in [3.05, 3.63) is 72.5 Å². The van der Waals surface area contributed by atoms with Crippen LogP contribution in [0.1, 0.15) is 22.8 Å². The summed E-state index contributed by atoms with van der Waals surface area (Å²) >= 11 is 15.6. The van der Waals surface area contributed by atoms with Crippen LogP contribution in [0.25, 0.3) is 11.0 Å². The molecule has 1 fully saturated rings. The molecule has 7 nitrogen and oxygen atoms in total. The van der Waals surface area contributed by atoms with Gasteiger partial charge in [-0.2, -0.15) is 0 Å². The molecule has 4 rings (SSSR count). The Hall–Kier alpha value is -2.49. The number of rotatable bonds is 5. The van der Waals surface area contributed by atoms with Crippen LogP contribution >= 0.6 is 39.1 Å². The van der Waals surface area contributed by atoms with E-state index in [0.29, 0.717) is 14.9 Å². The second kappa shape index (κ2) is 9.04. The lowest BCUT2D eigenvalue weighted by atomic mass is 9.99. The Labute approximate surface area is 206 Å². The van der Waals surface area contributed by atoms with E-state index in [0.717, 1.165) is 10.1 Å². The van der Waals surface area contributed by atoms with Crippen molar-refractivity contribution in [3.8, 4) is 0 Å². The monoisotopic (exact) mass is 554 g/mol. The summed E-state index contributed by atoms with van der Waals surface area (Å²) in [6, 6.07) is 8.25. The fourth-order valence-corrected chi connectivity index (χ4v) is 4.24. The molecule has 0 spiro atoms. The van der Waals surface area contributed by atoms with Gasteiger partial charge >= 0.3 is 0 Å². The molecule has 0 bridgehead atoms. The maximum Gasteiger partial charge on any atom is 0.265 e. The zero-order valence-electron chi connectivity index (χ0n) is 17.4. The summed E-state index contributed by atoms with van der Waals surface area (Å²) in [6.07, 6.45) is 1.41. The molecule has 1 N–H and O–H groups in total. The summed E-state index contributed by atoms with van der Waals surface area (Å²) in [5.74, 6) is -1.08. The molecule has 33 heavy (non-hydrogen) atoms. The number of amides is 2. The number of likely N-dealkylation sites (tertiary alicyclic amines) is 1. The first-order chi connectivity index (χ1) is 15.6. The zero-order chi connectivity index (χ0) is 23.9. The number of fused-ring (bicyclic) bond motifs is 1. The van der Waals surface area contributed by atoms with Crippen LogP contribution in [0.2, 0.25) is 10.0 Å². The summed E-state index contributed by atoms with van der Waals surface area (Å²) in [5.41, 5.74) is -1.39. The molecule has 1 saturated heterocycles. The Bertz CT molecular complexity index is 1320. The van der Waals surface area contributed by atoms with Gasteiger partial charge in [-0.15, -0.1) is 0 Å². The number of hydrogen-bond donors (Lipinski definition) is 1. The van der Waals surface area contributed by atoms with Crippen LogP contribution < -0.4 is 10.9 Å².